The maximum Gasteiger partial charge on any atom is 0.136 e. The standard InChI is InChI=1S/C9H11BrO2/c1-4-5(2)8(11)6(3)9(12)7(4)10/h11-12H,1-3H3. The summed E-state index contributed by atoms with van der Waals surface area (Å²) in [6.45, 7) is 5.35. The monoisotopic (exact) mass is 230 g/mol. The van der Waals surface area contributed by atoms with Crippen LogP contribution in [0.15, 0.2) is 4.47 Å². The number of benzene rings is 1. The van der Waals surface area contributed by atoms with Gasteiger partial charge >= 0.3 is 0 Å². The van der Waals surface area contributed by atoms with Crippen molar-refractivity contribution < 1.29 is 10.2 Å². The number of rotatable bonds is 0. The molecule has 0 aliphatic rings. The number of phenolic OH excluding ortho intramolecular Hbond substituents is 2. The van der Waals surface area contributed by atoms with Gasteiger partial charge in [0.2, 0.25) is 0 Å². The Labute approximate surface area is 80.0 Å². The first-order valence-electron chi connectivity index (χ1n) is 3.64. The molecule has 0 fully saturated rings. The van der Waals surface area contributed by atoms with Crippen LogP contribution in [0.25, 0.3) is 0 Å². The van der Waals surface area contributed by atoms with Gasteiger partial charge in [0.15, 0.2) is 0 Å². The highest BCUT2D eigenvalue weighted by Gasteiger charge is 2.13. The van der Waals surface area contributed by atoms with E-state index < -0.39 is 0 Å². The molecule has 0 unspecified atom stereocenters. The lowest BCUT2D eigenvalue weighted by Crippen LogP contribution is -1.88. The summed E-state index contributed by atoms with van der Waals surface area (Å²) in [6, 6.07) is 0. The molecule has 1 rings (SSSR count). The van der Waals surface area contributed by atoms with Crippen LogP contribution in [0, 0.1) is 20.8 Å². The Balaban J connectivity index is 3.60. The molecule has 0 heterocycles. The fourth-order valence-corrected chi connectivity index (χ4v) is 1.67. The lowest BCUT2D eigenvalue weighted by Gasteiger charge is -2.11. The third-order valence-corrected chi connectivity index (χ3v) is 3.14. The van der Waals surface area contributed by atoms with Crippen LogP contribution in [0.5, 0.6) is 11.5 Å². The highest BCUT2D eigenvalue weighted by molar-refractivity contribution is 9.10. The van der Waals surface area contributed by atoms with Crippen molar-refractivity contribution in [2.75, 3.05) is 0 Å². The molecule has 0 aliphatic carbocycles. The first kappa shape index (κ1) is 9.39. The third kappa shape index (κ3) is 1.18. The van der Waals surface area contributed by atoms with E-state index in [2.05, 4.69) is 15.9 Å². The fourth-order valence-electron chi connectivity index (χ4n) is 1.08. The van der Waals surface area contributed by atoms with Gasteiger partial charge < -0.3 is 10.2 Å². The molecule has 0 radical (unpaired) electrons. The normalized spacial score (nSPS) is 10.3. The molecule has 0 bridgehead atoms. The Kier molecular flexibility index (Phi) is 2.33. The molecule has 0 saturated heterocycles. The zero-order valence-corrected chi connectivity index (χ0v) is 8.86. The molecule has 1 aromatic carbocycles. The number of phenols is 2. The summed E-state index contributed by atoms with van der Waals surface area (Å²) < 4.78 is 0.662. The Hall–Kier alpha value is -0.700. The summed E-state index contributed by atoms with van der Waals surface area (Å²) in [5.74, 6) is 0.295. The summed E-state index contributed by atoms with van der Waals surface area (Å²) >= 11 is 3.25. The number of hydrogen-bond donors (Lipinski definition) is 2. The van der Waals surface area contributed by atoms with Crippen molar-refractivity contribution in [2.24, 2.45) is 0 Å². The molecule has 3 heteroatoms. The van der Waals surface area contributed by atoms with Crippen LogP contribution in [-0.2, 0) is 0 Å². The van der Waals surface area contributed by atoms with Crippen LogP contribution < -0.4 is 0 Å². The zero-order chi connectivity index (χ0) is 9.46. The largest absolute Gasteiger partial charge is 0.507 e. The molecule has 0 aliphatic heterocycles. The molecule has 0 saturated carbocycles. The van der Waals surface area contributed by atoms with Gasteiger partial charge in [0.25, 0.3) is 0 Å². The minimum absolute atomic E-state index is 0.121. The first-order chi connectivity index (χ1) is 5.46. The van der Waals surface area contributed by atoms with Gasteiger partial charge in [0, 0.05) is 5.56 Å². The summed E-state index contributed by atoms with van der Waals surface area (Å²) in [7, 11) is 0. The molecule has 0 spiro atoms. The van der Waals surface area contributed by atoms with Gasteiger partial charge in [-0.2, -0.15) is 0 Å². The lowest BCUT2D eigenvalue weighted by atomic mass is 10.0. The van der Waals surface area contributed by atoms with Gasteiger partial charge in [-0.25, -0.2) is 0 Å². The van der Waals surface area contributed by atoms with E-state index in [1.165, 1.54) is 0 Å². The molecule has 0 aromatic heterocycles. The quantitative estimate of drug-likeness (QED) is 0.720. The van der Waals surface area contributed by atoms with Crippen molar-refractivity contribution in [3.63, 3.8) is 0 Å². The summed E-state index contributed by atoms with van der Waals surface area (Å²) in [5, 5.41) is 19.0. The van der Waals surface area contributed by atoms with Crippen LogP contribution in [0.2, 0.25) is 0 Å². The average Bonchev–Trinajstić information content (AvgIpc) is 2.08. The second-order valence-electron chi connectivity index (χ2n) is 2.89. The van der Waals surface area contributed by atoms with Gasteiger partial charge in [0.1, 0.15) is 11.5 Å². The van der Waals surface area contributed by atoms with Gasteiger partial charge in [-0.1, -0.05) is 0 Å². The SMILES string of the molecule is Cc1c(C)c(Br)c(O)c(C)c1O. The number of halogens is 1. The zero-order valence-electron chi connectivity index (χ0n) is 7.27. The van der Waals surface area contributed by atoms with Crippen LogP contribution in [0.1, 0.15) is 16.7 Å². The number of hydrogen-bond acceptors (Lipinski definition) is 2. The van der Waals surface area contributed by atoms with E-state index in [-0.39, 0.29) is 11.5 Å². The molecule has 12 heavy (non-hydrogen) atoms. The highest BCUT2D eigenvalue weighted by atomic mass is 79.9. The molecule has 2 nitrogen and oxygen atoms in total. The van der Waals surface area contributed by atoms with Crippen LogP contribution in [-0.4, -0.2) is 10.2 Å². The van der Waals surface area contributed by atoms with Crippen molar-refractivity contribution in [3.8, 4) is 11.5 Å². The smallest absolute Gasteiger partial charge is 0.136 e. The van der Waals surface area contributed by atoms with Gasteiger partial charge in [-0.05, 0) is 47.8 Å². The fraction of sp³-hybridized carbons (Fsp3) is 0.333. The Morgan fingerprint density at radius 2 is 1.33 bits per heavy atom. The Morgan fingerprint density at radius 3 is 1.83 bits per heavy atom. The van der Waals surface area contributed by atoms with Crippen LogP contribution in [0.4, 0.5) is 0 Å². The second-order valence-corrected chi connectivity index (χ2v) is 3.68. The predicted octanol–water partition coefficient (Wildman–Crippen LogP) is 2.79. The predicted molar refractivity (Wildman–Crippen MR) is 51.7 cm³/mol. The van der Waals surface area contributed by atoms with E-state index in [4.69, 9.17) is 0 Å². The van der Waals surface area contributed by atoms with Crippen molar-refractivity contribution in [1.82, 2.24) is 0 Å². The van der Waals surface area contributed by atoms with E-state index in [0.29, 0.717) is 10.0 Å². The molecular weight excluding hydrogens is 220 g/mol. The van der Waals surface area contributed by atoms with Gasteiger partial charge in [0.05, 0.1) is 4.47 Å². The topological polar surface area (TPSA) is 40.5 Å². The van der Waals surface area contributed by atoms with Gasteiger partial charge in [-0.15, -0.1) is 0 Å². The summed E-state index contributed by atoms with van der Waals surface area (Å²) in [6.07, 6.45) is 0. The van der Waals surface area contributed by atoms with Crippen molar-refractivity contribution in [3.05, 3.63) is 21.2 Å². The molecule has 0 amide bonds. The van der Waals surface area contributed by atoms with E-state index in [0.717, 1.165) is 11.1 Å². The summed E-state index contributed by atoms with van der Waals surface area (Å²) in [5.41, 5.74) is 2.19. The molecule has 66 valence electrons. The summed E-state index contributed by atoms with van der Waals surface area (Å²) in [4.78, 5) is 0. The van der Waals surface area contributed by atoms with E-state index >= 15 is 0 Å². The maximum atomic E-state index is 9.51. The Morgan fingerprint density at radius 1 is 0.833 bits per heavy atom. The van der Waals surface area contributed by atoms with Crippen molar-refractivity contribution in [1.29, 1.82) is 0 Å². The van der Waals surface area contributed by atoms with Crippen molar-refractivity contribution >= 4 is 15.9 Å². The van der Waals surface area contributed by atoms with E-state index in [1.54, 1.807) is 6.92 Å². The minimum atomic E-state index is 0.121. The molecule has 2 N–H and O–H groups in total. The molecular formula is C9H11BrO2. The minimum Gasteiger partial charge on any atom is -0.507 e. The Bertz CT molecular complexity index is 227. The highest BCUT2D eigenvalue weighted by Crippen LogP contribution is 2.39. The maximum absolute atomic E-state index is 9.51. The average molecular weight is 231 g/mol. The third-order valence-electron chi connectivity index (χ3n) is 2.17. The van der Waals surface area contributed by atoms with E-state index in [9.17, 15) is 10.2 Å². The van der Waals surface area contributed by atoms with Crippen LogP contribution >= 0.6 is 15.9 Å². The molecule has 0 atom stereocenters. The molecule has 1 aromatic rings. The second kappa shape index (κ2) is 2.98. The van der Waals surface area contributed by atoms with Gasteiger partial charge in [-0.3, -0.25) is 0 Å². The number of aromatic hydroxyl groups is 2. The van der Waals surface area contributed by atoms with E-state index in [1.807, 2.05) is 13.8 Å². The first-order valence-corrected chi connectivity index (χ1v) is 4.43. The lowest BCUT2D eigenvalue weighted by molar-refractivity contribution is 0.437. The van der Waals surface area contributed by atoms with Crippen LogP contribution in [0.3, 0.4) is 0 Å². The van der Waals surface area contributed by atoms with Crippen molar-refractivity contribution in [2.45, 2.75) is 20.8 Å².